The molecule has 17 heavy (non-hydrogen) atoms. The third kappa shape index (κ3) is 3.86. The molecule has 1 heterocycles. The number of rotatable bonds is 5. The third-order valence-electron chi connectivity index (χ3n) is 2.22. The minimum atomic E-state index is -0.447. The molecule has 5 heteroatoms. The maximum atomic E-state index is 11.4. The summed E-state index contributed by atoms with van der Waals surface area (Å²) in [5.74, 6) is -0.725. The van der Waals surface area contributed by atoms with E-state index in [1.165, 1.54) is 13.3 Å². The number of esters is 2. The van der Waals surface area contributed by atoms with Gasteiger partial charge in [0.1, 0.15) is 0 Å². The van der Waals surface area contributed by atoms with Gasteiger partial charge in [0, 0.05) is 18.8 Å². The first-order valence-corrected chi connectivity index (χ1v) is 5.35. The normalized spacial score (nSPS) is 9.76. The van der Waals surface area contributed by atoms with Gasteiger partial charge in [0.2, 0.25) is 0 Å². The zero-order valence-electron chi connectivity index (χ0n) is 9.93. The molecule has 0 unspecified atom stereocenters. The highest BCUT2D eigenvalue weighted by atomic mass is 16.5. The summed E-state index contributed by atoms with van der Waals surface area (Å²) in [6, 6.07) is 1.70. The van der Waals surface area contributed by atoms with Crippen LogP contribution in [0, 0.1) is 0 Å². The number of carbonyl (C=O) groups excluding carboxylic acids is 2. The third-order valence-corrected chi connectivity index (χ3v) is 2.22. The van der Waals surface area contributed by atoms with Gasteiger partial charge in [-0.2, -0.15) is 0 Å². The van der Waals surface area contributed by atoms with Crippen molar-refractivity contribution in [1.82, 2.24) is 4.98 Å². The fourth-order valence-corrected chi connectivity index (χ4v) is 1.40. The average molecular weight is 237 g/mol. The number of hydrogen-bond donors (Lipinski definition) is 0. The van der Waals surface area contributed by atoms with Crippen molar-refractivity contribution in [3.8, 4) is 0 Å². The van der Waals surface area contributed by atoms with E-state index in [-0.39, 0.29) is 12.4 Å². The molecule has 0 aliphatic heterocycles. The number of aromatic nitrogens is 1. The molecule has 0 fully saturated rings. The van der Waals surface area contributed by atoms with Gasteiger partial charge in [0.15, 0.2) is 0 Å². The molecule has 0 saturated heterocycles. The minimum absolute atomic E-state index is 0.238. The Hall–Kier alpha value is -1.91. The van der Waals surface area contributed by atoms with E-state index in [2.05, 4.69) is 9.72 Å². The van der Waals surface area contributed by atoms with Crippen LogP contribution >= 0.6 is 0 Å². The van der Waals surface area contributed by atoms with E-state index in [0.717, 1.165) is 5.56 Å². The van der Waals surface area contributed by atoms with E-state index in [1.807, 2.05) is 0 Å². The molecule has 0 aromatic carbocycles. The van der Waals surface area contributed by atoms with Crippen LogP contribution in [0.2, 0.25) is 0 Å². The predicted octanol–water partition coefficient (Wildman–Crippen LogP) is 1.36. The molecule has 0 spiro atoms. The number of methoxy groups -OCH3 is 1. The van der Waals surface area contributed by atoms with E-state index >= 15 is 0 Å². The Bertz CT molecular complexity index is 403. The van der Waals surface area contributed by atoms with Crippen molar-refractivity contribution in [1.29, 1.82) is 0 Å². The van der Waals surface area contributed by atoms with Crippen LogP contribution in [-0.4, -0.2) is 30.6 Å². The lowest BCUT2D eigenvalue weighted by Crippen LogP contribution is -2.09. The molecular weight excluding hydrogens is 222 g/mol. The summed E-state index contributed by atoms with van der Waals surface area (Å²) in [6.07, 6.45) is 3.69. The summed E-state index contributed by atoms with van der Waals surface area (Å²) in [7, 11) is 1.31. The standard InChI is InChI=1S/C12H15NO4/c1-3-17-11(14)5-4-9-6-7-13-8-10(9)12(15)16-2/h6-8H,3-5H2,1-2H3. The van der Waals surface area contributed by atoms with Crippen LogP contribution in [0.1, 0.15) is 29.3 Å². The molecule has 1 aromatic heterocycles. The van der Waals surface area contributed by atoms with Gasteiger partial charge in [-0.3, -0.25) is 9.78 Å². The molecule has 5 nitrogen and oxygen atoms in total. The number of hydrogen-bond acceptors (Lipinski definition) is 5. The fraction of sp³-hybridized carbons (Fsp3) is 0.417. The van der Waals surface area contributed by atoms with Gasteiger partial charge in [-0.1, -0.05) is 0 Å². The summed E-state index contributed by atoms with van der Waals surface area (Å²) in [5.41, 5.74) is 1.12. The Morgan fingerprint density at radius 1 is 1.41 bits per heavy atom. The zero-order valence-corrected chi connectivity index (χ0v) is 9.93. The van der Waals surface area contributed by atoms with Crippen molar-refractivity contribution in [3.05, 3.63) is 29.6 Å². The first-order chi connectivity index (χ1) is 8.19. The minimum Gasteiger partial charge on any atom is -0.466 e. The Morgan fingerprint density at radius 3 is 2.82 bits per heavy atom. The highest BCUT2D eigenvalue weighted by Gasteiger charge is 2.12. The van der Waals surface area contributed by atoms with Crippen LogP contribution in [0.25, 0.3) is 0 Å². The van der Waals surface area contributed by atoms with Gasteiger partial charge in [-0.15, -0.1) is 0 Å². The van der Waals surface area contributed by atoms with Gasteiger partial charge in [0.05, 0.1) is 19.3 Å². The van der Waals surface area contributed by atoms with Crippen LogP contribution in [-0.2, 0) is 20.7 Å². The Morgan fingerprint density at radius 2 is 2.18 bits per heavy atom. The van der Waals surface area contributed by atoms with Crippen LogP contribution in [0.3, 0.4) is 0 Å². The molecule has 0 saturated carbocycles. The average Bonchev–Trinajstić information content (AvgIpc) is 2.36. The van der Waals surface area contributed by atoms with Crippen molar-refractivity contribution in [2.45, 2.75) is 19.8 Å². The van der Waals surface area contributed by atoms with Gasteiger partial charge in [-0.05, 0) is 25.0 Å². The highest BCUT2D eigenvalue weighted by Crippen LogP contribution is 2.11. The highest BCUT2D eigenvalue weighted by molar-refractivity contribution is 5.90. The molecule has 0 aliphatic rings. The maximum absolute atomic E-state index is 11.4. The molecule has 0 aliphatic carbocycles. The number of aryl methyl sites for hydroxylation is 1. The molecule has 0 amide bonds. The lowest BCUT2D eigenvalue weighted by molar-refractivity contribution is -0.143. The van der Waals surface area contributed by atoms with E-state index < -0.39 is 5.97 Å². The molecule has 1 rings (SSSR count). The summed E-state index contributed by atoms with van der Waals surface area (Å²) >= 11 is 0. The summed E-state index contributed by atoms with van der Waals surface area (Å²) < 4.78 is 9.46. The van der Waals surface area contributed by atoms with Crippen molar-refractivity contribution in [2.75, 3.05) is 13.7 Å². The molecule has 0 bridgehead atoms. The SMILES string of the molecule is CCOC(=O)CCc1ccncc1C(=O)OC. The van der Waals surface area contributed by atoms with Gasteiger partial charge in [0.25, 0.3) is 0 Å². The molecule has 0 N–H and O–H groups in total. The first kappa shape index (κ1) is 13.2. The molecule has 0 atom stereocenters. The van der Waals surface area contributed by atoms with E-state index in [0.29, 0.717) is 18.6 Å². The van der Waals surface area contributed by atoms with Crippen LogP contribution < -0.4 is 0 Å². The molecule has 1 aromatic rings. The lowest BCUT2D eigenvalue weighted by Gasteiger charge is -2.06. The number of ether oxygens (including phenoxy) is 2. The van der Waals surface area contributed by atoms with Crippen LogP contribution in [0.4, 0.5) is 0 Å². The van der Waals surface area contributed by atoms with Gasteiger partial charge < -0.3 is 9.47 Å². The Balaban J connectivity index is 2.70. The summed E-state index contributed by atoms with van der Waals surface area (Å²) in [6.45, 7) is 2.11. The second-order valence-corrected chi connectivity index (χ2v) is 3.33. The topological polar surface area (TPSA) is 65.5 Å². The van der Waals surface area contributed by atoms with E-state index in [4.69, 9.17) is 4.74 Å². The number of pyridine rings is 1. The van der Waals surface area contributed by atoms with Crippen molar-refractivity contribution < 1.29 is 19.1 Å². The van der Waals surface area contributed by atoms with Crippen molar-refractivity contribution in [2.24, 2.45) is 0 Å². The van der Waals surface area contributed by atoms with Gasteiger partial charge in [-0.25, -0.2) is 4.79 Å². The largest absolute Gasteiger partial charge is 0.466 e. The van der Waals surface area contributed by atoms with Crippen LogP contribution in [0.5, 0.6) is 0 Å². The van der Waals surface area contributed by atoms with Crippen molar-refractivity contribution >= 4 is 11.9 Å². The Kier molecular flexibility index (Phi) is 5.13. The van der Waals surface area contributed by atoms with E-state index in [1.54, 1.807) is 19.2 Å². The summed E-state index contributed by atoms with van der Waals surface area (Å²) in [4.78, 5) is 26.5. The van der Waals surface area contributed by atoms with Crippen LogP contribution in [0.15, 0.2) is 18.5 Å². The second kappa shape index (κ2) is 6.62. The quantitative estimate of drug-likeness (QED) is 0.723. The Labute approximate surface area is 99.8 Å². The predicted molar refractivity (Wildman–Crippen MR) is 60.5 cm³/mol. The molecular formula is C12H15NO4. The number of carbonyl (C=O) groups is 2. The lowest BCUT2D eigenvalue weighted by atomic mass is 10.1. The molecule has 0 radical (unpaired) electrons. The number of nitrogens with zero attached hydrogens (tertiary/aromatic N) is 1. The van der Waals surface area contributed by atoms with Gasteiger partial charge >= 0.3 is 11.9 Å². The summed E-state index contributed by atoms with van der Waals surface area (Å²) in [5, 5.41) is 0. The second-order valence-electron chi connectivity index (χ2n) is 3.33. The fourth-order valence-electron chi connectivity index (χ4n) is 1.40. The smallest absolute Gasteiger partial charge is 0.339 e. The zero-order chi connectivity index (χ0) is 12.7. The maximum Gasteiger partial charge on any atom is 0.339 e. The molecule has 92 valence electrons. The first-order valence-electron chi connectivity index (χ1n) is 5.35. The van der Waals surface area contributed by atoms with E-state index in [9.17, 15) is 9.59 Å². The van der Waals surface area contributed by atoms with Crippen molar-refractivity contribution in [3.63, 3.8) is 0 Å². The monoisotopic (exact) mass is 237 g/mol.